The van der Waals surface area contributed by atoms with Crippen molar-refractivity contribution in [3.05, 3.63) is 35.4 Å². The number of likely N-dealkylation sites (tertiary alicyclic amines) is 1. The molecule has 0 saturated carbocycles. The second-order valence-electron chi connectivity index (χ2n) is 5.54. The SMILES string of the molecule is Cc1ccc(CSCC(=O)N2CCC(C)CC2)cc1. The first-order chi connectivity index (χ1) is 9.15. The summed E-state index contributed by atoms with van der Waals surface area (Å²) in [5.41, 5.74) is 2.59. The molecule has 0 unspecified atom stereocenters. The summed E-state index contributed by atoms with van der Waals surface area (Å²) in [6.45, 7) is 6.27. The van der Waals surface area contributed by atoms with E-state index in [1.54, 1.807) is 11.8 Å². The number of rotatable bonds is 4. The second kappa shape index (κ2) is 6.99. The van der Waals surface area contributed by atoms with E-state index in [1.807, 2.05) is 4.90 Å². The van der Waals surface area contributed by atoms with E-state index in [4.69, 9.17) is 0 Å². The molecule has 2 nitrogen and oxygen atoms in total. The molecule has 1 heterocycles. The molecule has 1 saturated heterocycles. The molecule has 0 spiro atoms. The van der Waals surface area contributed by atoms with E-state index in [2.05, 4.69) is 38.1 Å². The maximum absolute atomic E-state index is 12.1. The molecule has 1 fully saturated rings. The van der Waals surface area contributed by atoms with E-state index in [-0.39, 0.29) is 0 Å². The molecule has 1 aliphatic rings. The number of benzene rings is 1. The van der Waals surface area contributed by atoms with Crippen LogP contribution in [0.4, 0.5) is 0 Å². The Morgan fingerprint density at radius 2 is 1.89 bits per heavy atom. The third kappa shape index (κ3) is 4.57. The molecule has 3 heteroatoms. The Morgan fingerprint density at radius 1 is 1.26 bits per heavy atom. The lowest BCUT2D eigenvalue weighted by Gasteiger charge is -2.30. The van der Waals surface area contributed by atoms with Gasteiger partial charge in [-0.05, 0) is 31.2 Å². The van der Waals surface area contributed by atoms with Gasteiger partial charge >= 0.3 is 0 Å². The summed E-state index contributed by atoms with van der Waals surface area (Å²) < 4.78 is 0. The number of carbonyl (C=O) groups is 1. The first-order valence-electron chi connectivity index (χ1n) is 7.06. The Labute approximate surface area is 120 Å². The molecule has 1 aliphatic heterocycles. The topological polar surface area (TPSA) is 20.3 Å². The molecular weight excluding hydrogens is 254 g/mol. The number of amides is 1. The first-order valence-corrected chi connectivity index (χ1v) is 8.21. The molecule has 1 aromatic rings. The summed E-state index contributed by atoms with van der Waals surface area (Å²) in [5.74, 6) is 2.63. The molecule has 0 bridgehead atoms. The van der Waals surface area contributed by atoms with Gasteiger partial charge in [-0.15, -0.1) is 11.8 Å². The van der Waals surface area contributed by atoms with Crippen molar-refractivity contribution in [2.75, 3.05) is 18.8 Å². The van der Waals surface area contributed by atoms with Gasteiger partial charge in [0.1, 0.15) is 0 Å². The van der Waals surface area contributed by atoms with Gasteiger partial charge in [0, 0.05) is 18.8 Å². The summed E-state index contributed by atoms with van der Waals surface area (Å²) in [5, 5.41) is 0. The van der Waals surface area contributed by atoms with Gasteiger partial charge in [0.15, 0.2) is 0 Å². The highest BCUT2D eigenvalue weighted by Gasteiger charge is 2.19. The minimum Gasteiger partial charge on any atom is -0.342 e. The van der Waals surface area contributed by atoms with Crippen molar-refractivity contribution in [3.63, 3.8) is 0 Å². The number of carbonyl (C=O) groups excluding carboxylic acids is 1. The lowest BCUT2D eigenvalue weighted by atomic mass is 9.99. The van der Waals surface area contributed by atoms with Crippen molar-refractivity contribution in [1.29, 1.82) is 0 Å². The van der Waals surface area contributed by atoms with Crippen LogP contribution in [0, 0.1) is 12.8 Å². The maximum Gasteiger partial charge on any atom is 0.232 e. The van der Waals surface area contributed by atoms with Gasteiger partial charge in [-0.2, -0.15) is 0 Å². The number of aryl methyl sites for hydroxylation is 1. The molecule has 0 N–H and O–H groups in total. The van der Waals surface area contributed by atoms with Crippen LogP contribution in [0.5, 0.6) is 0 Å². The highest BCUT2D eigenvalue weighted by Crippen LogP contribution is 2.18. The Bertz CT molecular complexity index is 407. The Balaban J connectivity index is 1.70. The van der Waals surface area contributed by atoms with Crippen molar-refractivity contribution in [2.45, 2.75) is 32.4 Å². The normalized spacial score (nSPS) is 16.6. The monoisotopic (exact) mass is 277 g/mol. The zero-order chi connectivity index (χ0) is 13.7. The fraction of sp³-hybridized carbons (Fsp3) is 0.562. The largest absolute Gasteiger partial charge is 0.342 e. The predicted octanol–water partition coefficient (Wildman–Crippen LogP) is 3.49. The summed E-state index contributed by atoms with van der Waals surface area (Å²) in [7, 11) is 0. The average Bonchev–Trinajstić information content (AvgIpc) is 2.41. The fourth-order valence-electron chi connectivity index (χ4n) is 2.29. The minimum absolute atomic E-state index is 0.309. The standard InChI is InChI=1S/C16H23NOS/c1-13-3-5-15(6-4-13)11-19-12-16(18)17-9-7-14(2)8-10-17/h3-6,14H,7-12H2,1-2H3. The van der Waals surface area contributed by atoms with Crippen molar-refractivity contribution in [1.82, 2.24) is 4.90 Å². The Kier molecular flexibility index (Phi) is 5.32. The number of hydrogen-bond donors (Lipinski definition) is 0. The molecule has 104 valence electrons. The highest BCUT2D eigenvalue weighted by molar-refractivity contribution is 7.99. The van der Waals surface area contributed by atoms with Crippen molar-refractivity contribution in [2.24, 2.45) is 5.92 Å². The quantitative estimate of drug-likeness (QED) is 0.839. The zero-order valence-corrected chi connectivity index (χ0v) is 12.7. The van der Waals surface area contributed by atoms with E-state index >= 15 is 0 Å². The Morgan fingerprint density at radius 3 is 2.53 bits per heavy atom. The van der Waals surface area contributed by atoms with Gasteiger partial charge in [0.25, 0.3) is 0 Å². The molecular formula is C16H23NOS. The highest BCUT2D eigenvalue weighted by atomic mass is 32.2. The average molecular weight is 277 g/mol. The number of hydrogen-bond acceptors (Lipinski definition) is 2. The molecule has 1 aromatic carbocycles. The van der Waals surface area contributed by atoms with Crippen LogP contribution in [0.15, 0.2) is 24.3 Å². The van der Waals surface area contributed by atoms with Gasteiger partial charge in [0.2, 0.25) is 5.91 Å². The van der Waals surface area contributed by atoms with Gasteiger partial charge < -0.3 is 4.90 Å². The third-order valence-electron chi connectivity index (χ3n) is 3.75. The summed E-state index contributed by atoms with van der Waals surface area (Å²) in [6.07, 6.45) is 2.32. The molecule has 19 heavy (non-hydrogen) atoms. The first kappa shape index (κ1) is 14.4. The van der Waals surface area contributed by atoms with Gasteiger partial charge in [0.05, 0.1) is 5.75 Å². The lowest BCUT2D eigenvalue weighted by Crippen LogP contribution is -2.38. The van der Waals surface area contributed by atoms with Crippen LogP contribution in [0.25, 0.3) is 0 Å². The van der Waals surface area contributed by atoms with Crippen LogP contribution >= 0.6 is 11.8 Å². The third-order valence-corrected chi connectivity index (χ3v) is 4.74. The minimum atomic E-state index is 0.309. The predicted molar refractivity (Wildman–Crippen MR) is 82.3 cm³/mol. The van der Waals surface area contributed by atoms with Crippen molar-refractivity contribution < 1.29 is 4.79 Å². The molecule has 0 aliphatic carbocycles. The summed E-state index contributed by atoms with van der Waals surface area (Å²) >= 11 is 1.72. The fourth-order valence-corrected chi connectivity index (χ4v) is 3.18. The summed E-state index contributed by atoms with van der Waals surface area (Å²) in [6, 6.07) is 8.55. The number of nitrogens with zero attached hydrogens (tertiary/aromatic N) is 1. The number of piperidine rings is 1. The molecule has 0 radical (unpaired) electrons. The molecule has 0 atom stereocenters. The Hall–Kier alpha value is -0.960. The van der Waals surface area contributed by atoms with E-state index in [9.17, 15) is 4.79 Å². The molecule has 0 aromatic heterocycles. The van der Waals surface area contributed by atoms with E-state index in [0.717, 1.165) is 37.6 Å². The van der Waals surface area contributed by atoms with Crippen LogP contribution < -0.4 is 0 Å². The van der Waals surface area contributed by atoms with E-state index in [0.29, 0.717) is 11.7 Å². The van der Waals surface area contributed by atoms with Gasteiger partial charge in [-0.25, -0.2) is 0 Å². The van der Waals surface area contributed by atoms with Gasteiger partial charge in [-0.1, -0.05) is 36.8 Å². The van der Waals surface area contributed by atoms with E-state index in [1.165, 1.54) is 11.1 Å². The van der Waals surface area contributed by atoms with Crippen LogP contribution in [0.3, 0.4) is 0 Å². The molecule has 2 rings (SSSR count). The van der Waals surface area contributed by atoms with E-state index < -0.39 is 0 Å². The lowest BCUT2D eigenvalue weighted by molar-refractivity contribution is -0.129. The maximum atomic E-state index is 12.1. The van der Waals surface area contributed by atoms with Crippen molar-refractivity contribution in [3.8, 4) is 0 Å². The summed E-state index contributed by atoms with van der Waals surface area (Å²) in [4.78, 5) is 14.1. The molecule has 1 amide bonds. The zero-order valence-electron chi connectivity index (χ0n) is 11.9. The second-order valence-corrected chi connectivity index (χ2v) is 6.53. The smallest absolute Gasteiger partial charge is 0.232 e. The van der Waals surface area contributed by atoms with Crippen LogP contribution in [-0.4, -0.2) is 29.6 Å². The van der Waals surface area contributed by atoms with Crippen molar-refractivity contribution >= 4 is 17.7 Å². The number of thioether (sulfide) groups is 1. The van der Waals surface area contributed by atoms with Crippen LogP contribution in [0.2, 0.25) is 0 Å². The van der Waals surface area contributed by atoms with Crippen LogP contribution in [-0.2, 0) is 10.5 Å². The van der Waals surface area contributed by atoms with Gasteiger partial charge in [-0.3, -0.25) is 4.79 Å². The van der Waals surface area contributed by atoms with Crippen LogP contribution in [0.1, 0.15) is 30.9 Å².